The van der Waals surface area contributed by atoms with Gasteiger partial charge in [-0.2, -0.15) is 0 Å². The predicted octanol–water partition coefficient (Wildman–Crippen LogP) is 3.72. The van der Waals surface area contributed by atoms with Crippen LogP contribution >= 0.6 is 11.6 Å². The number of nitrogens with zero attached hydrogens (tertiary/aromatic N) is 2. The Balaban J connectivity index is 1.46. The van der Waals surface area contributed by atoms with Crippen LogP contribution in [0.5, 0.6) is 0 Å². The molecule has 1 atom stereocenters. The minimum absolute atomic E-state index is 0.0581. The van der Waals surface area contributed by atoms with Crippen LogP contribution in [0.4, 0.5) is 10.5 Å². The molecule has 1 saturated heterocycles. The van der Waals surface area contributed by atoms with Crippen molar-refractivity contribution in [1.29, 1.82) is 0 Å². The highest BCUT2D eigenvalue weighted by Gasteiger charge is 2.30. The van der Waals surface area contributed by atoms with Crippen LogP contribution in [0, 0.1) is 0 Å². The Morgan fingerprint density at radius 3 is 2.52 bits per heavy atom. The molecule has 1 aliphatic heterocycles. The lowest BCUT2D eigenvalue weighted by molar-refractivity contribution is -0.122. The zero-order valence-electron chi connectivity index (χ0n) is 15.4. The highest BCUT2D eigenvalue weighted by molar-refractivity contribution is 6.30. The molecule has 0 spiro atoms. The van der Waals surface area contributed by atoms with Gasteiger partial charge >= 0.3 is 6.03 Å². The van der Waals surface area contributed by atoms with E-state index in [2.05, 4.69) is 17.4 Å². The van der Waals surface area contributed by atoms with Crippen LogP contribution in [0.2, 0.25) is 5.02 Å². The van der Waals surface area contributed by atoms with E-state index < -0.39 is 0 Å². The summed E-state index contributed by atoms with van der Waals surface area (Å²) in [5, 5.41) is 3.62. The van der Waals surface area contributed by atoms with Crippen molar-refractivity contribution in [2.24, 2.45) is 0 Å². The van der Waals surface area contributed by atoms with Crippen LogP contribution in [0.25, 0.3) is 0 Å². The summed E-state index contributed by atoms with van der Waals surface area (Å²) in [7, 11) is 0. The van der Waals surface area contributed by atoms with Gasteiger partial charge in [0.1, 0.15) is 6.54 Å². The van der Waals surface area contributed by atoms with E-state index in [1.807, 2.05) is 37.3 Å². The highest BCUT2D eigenvalue weighted by Crippen LogP contribution is 2.22. The van der Waals surface area contributed by atoms with E-state index in [9.17, 15) is 9.59 Å². The number of nitrogens with one attached hydrogen (secondary N) is 1. The Hall–Kier alpha value is -2.53. The lowest BCUT2D eigenvalue weighted by Crippen LogP contribution is -2.42. The van der Waals surface area contributed by atoms with Crippen molar-refractivity contribution in [2.45, 2.75) is 25.8 Å². The van der Waals surface area contributed by atoms with Crippen molar-refractivity contribution in [3.05, 3.63) is 65.2 Å². The number of carbonyl (C=O) groups excluding carboxylic acids is 2. The minimum Gasteiger partial charge on any atom is -0.352 e. The topological polar surface area (TPSA) is 52.7 Å². The molecule has 1 heterocycles. The number of halogens is 1. The molecular weight excluding hydrogens is 362 g/mol. The number of amides is 3. The first-order valence-electron chi connectivity index (χ1n) is 9.18. The van der Waals surface area contributed by atoms with E-state index in [1.54, 1.807) is 21.9 Å². The maximum atomic E-state index is 12.6. The molecular formula is C21H24ClN3O2. The highest BCUT2D eigenvalue weighted by atomic mass is 35.5. The van der Waals surface area contributed by atoms with Crippen LogP contribution in [0.1, 0.15) is 18.9 Å². The third-order valence-corrected chi connectivity index (χ3v) is 4.94. The summed E-state index contributed by atoms with van der Waals surface area (Å²) in [5.74, 6) is -0.123. The Labute approximate surface area is 164 Å². The summed E-state index contributed by atoms with van der Waals surface area (Å²) in [6.07, 6.45) is 1.77. The van der Waals surface area contributed by atoms with Crippen molar-refractivity contribution in [2.75, 3.05) is 24.5 Å². The van der Waals surface area contributed by atoms with Crippen LogP contribution < -0.4 is 10.2 Å². The zero-order chi connectivity index (χ0) is 19.2. The molecule has 27 heavy (non-hydrogen) atoms. The largest absolute Gasteiger partial charge is 0.352 e. The maximum absolute atomic E-state index is 12.6. The predicted molar refractivity (Wildman–Crippen MR) is 108 cm³/mol. The molecule has 5 nitrogen and oxygen atoms in total. The van der Waals surface area contributed by atoms with Gasteiger partial charge in [-0.05, 0) is 49.6 Å². The quantitative estimate of drug-likeness (QED) is 0.789. The second kappa shape index (κ2) is 8.91. The summed E-state index contributed by atoms with van der Waals surface area (Å²) < 4.78 is 0. The van der Waals surface area contributed by atoms with Gasteiger partial charge in [0.05, 0.1) is 0 Å². The van der Waals surface area contributed by atoms with Crippen LogP contribution in [-0.2, 0) is 11.2 Å². The Morgan fingerprint density at radius 2 is 1.81 bits per heavy atom. The molecule has 3 amide bonds. The first-order valence-corrected chi connectivity index (χ1v) is 9.56. The molecule has 2 aromatic rings. The molecule has 2 aromatic carbocycles. The third kappa shape index (κ3) is 5.23. The van der Waals surface area contributed by atoms with Crippen LogP contribution in [0.3, 0.4) is 0 Å². The molecule has 1 N–H and O–H groups in total. The van der Waals surface area contributed by atoms with Gasteiger partial charge in [0.15, 0.2) is 0 Å². The molecule has 0 aromatic heterocycles. The number of aryl methyl sites for hydroxylation is 1. The van der Waals surface area contributed by atoms with Crippen molar-refractivity contribution < 1.29 is 9.59 Å². The van der Waals surface area contributed by atoms with Gasteiger partial charge in [-0.3, -0.25) is 9.69 Å². The van der Waals surface area contributed by atoms with Gasteiger partial charge in [0.2, 0.25) is 5.91 Å². The van der Waals surface area contributed by atoms with Gasteiger partial charge in [-0.15, -0.1) is 0 Å². The number of carbonyl (C=O) groups is 2. The lowest BCUT2D eigenvalue weighted by atomic mass is 10.1. The van der Waals surface area contributed by atoms with Crippen molar-refractivity contribution in [1.82, 2.24) is 10.2 Å². The van der Waals surface area contributed by atoms with Crippen molar-refractivity contribution >= 4 is 29.2 Å². The number of benzene rings is 2. The second-order valence-electron chi connectivity index (χ2n) is 6.83. The van der Waals surface area contributed by atoms with E-state index in [-0.39, 0.29) is 24.5 Å². The van der Waals surface area contributed by atoms with E-state index in [0.717, 1.165) is 18.5 Å². The van der Waals surface area contributed by atoms with Gasteiger partial charge in [-0.1, -0.05) is 41.9 Å². The number of hydrogen-bond acceptors (Lipinski definition) is 2. The normalized spacial score (nSPS) is 15.1. The molecule has 0 saturated carbocycles. The van der Waals surface area contributed by atoms with E-state index in [4.69, 9.17) is 11.6 Å². The first kappa shape index (κ1) is 19.2. The van der Waals surface area contributed by atoms with Gasteiger partial charge in [0.25, 0.3) is 0 Å². The lowest BCUT2D eigenvalue weighted by Gasteiger charge is -2.20. The zero-order valence-corrected chi connectivity index (χ0v) is 16.2. The van der Waals surface area contributed by atoms with Gasteiger partial charge in [-0.25, -0.2) is 4.79 Å². The standard InChI is InChI=1S/C21H24ClN3O2/c1-16(7-8-17-5-3-2-4-6-17)23-20(26)15-24-13-14-25(21(24)27)19-11-9-18(22)10-12-19/h2-6,9-12,16H,7-8,13-15H2,1H3,(H,23,26). The molecule has 3 rings (SSSR count). The average molecular weight is 386 g/mol. The average Bonchev–Trinajstić information content (AvgIpc) is 3.02. The fourth-order valence-corrected chi connectivity index (χ4v) is 3.31. The van der Waals surface area contributed by atoms with Crippen LogP contribution in [-0.4, -0.2) is 42.5 Å². The smallest absolute Gasteiger partial charge is 0.325 e. The molecule has 6 heteroatoms. The van der Waals surface area contributed by atoms with Gasteiger partial charge < -0.3 is 10.2 Å². The summed E-state index contributed by atoms with van der Waals surface area (Å²) in [6.45, 7) is 3.18. The van der Waals surface area contributed by atoms with Gasteiger partial charge in [0, 0.05) is 29.8 Å². The third-order valence-electron chi connectivity index (χ3n) is 4.68. The molecule has 1 unspecified atom stereocenters. The van der Waals surface area contributed by atoms with E-state index in [0.29, 0.717) is 18.1 Å². The van der Waals surface area contributed by atoms with E-state index in [1.165, 1.54) is 5.56 Å². The SMILES string of the molecule is CC(CCc1ccccc1)NC(=O)CN1CCN(c2ccc(Cl)cc2)C1=O. The van der Waals surface area contributed by atoms with Crippen molar-refractivity contribution in [3.63, 3.8) is 0 Å². The summed E-state index contributed by atoms with van der Waals surface area (Å²) in [5.41, 5.74) is 2.05. The molecule has 0 radical (unpaired) electrons. The summed E-state index contributed by atoms with van der Waals surface area (Å²) in [6, 6.07) is 17.3. The molecule has 1 fully saturated rings. The minimum atomic E-state index is -0.149. The molecule has 0 aliphatic carbocycles. The van der Waals surface area contributed by atoms with Crippen LogP contribution in [0.15, 0.2) is 54.6 Å². The molecule has 1 aliphatic rings. The summed E-state index contributed by atoms with van der Waals surface area (Å²) in [4.78, 5) is 28.1. The first-order chi connectivity index (χ1) is 13.0. The Morgan fingerprint density at radius 1 is 1.11 bits per heavy atom. The fraction of sp³-hybridized carbons (Fsp3) is 0.333. The Bertz CT molecular complexity index is 780. The Kier molecular flexibility index (Phi) is 6.35. The van der Waals surface area contributed by atoms with E-state index >= 15 is 0 Å². The second-order valence-corrected chi connectivity index (χ2v) is 7.26. The molecule has 0 bridgehead atoms. The number of urea groups is 1. The number of anilines is 1. The summed E-state index contributed by atoms with van der Waals surface area (Å²) >= 11 is 5.90. The number of hydrogen-bond donors (Lipinski definition) is 1. The monoisotopic (exact) mass is 385 g/mol. The maximum Gasteiger partial charge on any atom is 0.325 e. The van der Waals surface area contributed by atoms with Crippen molar-refractivity contribution in [3.8, 4) is 0 Å². The number of rotatable bonds is 7. The fourth-order valence-electron chi connectivity index (χ4n) is 3.18. The molecule has 142 valence electrons.